The maximum Gasteiger partial charge on any atom is 0.416 e. The van der Waals surface area contributed by atoms with E-state index in [9.17, 15) is 13.2 Å². The molecule has 0 radical (unpaired) electrons. The molecule has 2 rings (SSSR count). The van der Waals surface area contributed by atoms with Gasteiger partial charge in [-0.3, -0.25) is 0 Å². The lowest BCUT2D eigenvalue weighted by atomic mass is 10.1. The largest absolute Gasteiger partial charge is 0.489 e. The van der Waals surface area contributed by atoms with E-state index in [4.69, 9.17) is 4.74 Å². The molecule has 0 bridgehead atoms. The Labute approximate surface area is 122 Å². The number of halogens is 4. The predicted molar refractivity (Wildman–Crippen MR) is 74.9 cm³/mol. The molecule has 0 saturated heterocycles. The quantitative estimate of drug-likeness (QED) is 0.692. The van der Waals surface area contributed by atoms with Crippen molar-refractivity contribution in [3.63, 3.8) is 0 Å². The van der Waals surface area contributed by atoms with Crippen LogP contribution < -0.4 is 4.74 Å². The van der Waals surface area contributed by atoms with Crippen molar-refractivity contribution in [2.75, 3.05) is 0 Å². The molecule has 5 heteroatoms. The summed E-state index contributed by atoms with van der Waals surface area (Å²) in [5, 5.41) is 0. The average molecular weight is 378 g/mol. The van der Waals surface area contributed by atoms with Gasteiger partial charge in [-0.2, -0.15) is 13.2 Å². The molecular formula is C14H10F3IO. The SMILES string of the molecule is FC(F)(F)c1ccccc1COc1cccc(I)c1. The summed E-state index contributed by atoms with van der Waals surface area (Å²) in [6.45, 7) is -0.101. The zero-order chi connectivity index (χ0) is 13.9. The van der Waals surface area contributed by atoms with Crippen molar-refractivity contribution in [2.24, 2.45) is 0 Å². The van der Waals surface area contributed by atoms with Crippen LogP contribution in [-0.4, -0.2) is 0 Å². The third kappa shape index (κ3) is 3.86. The van der Waals surface area contributed by atoms with Gasteiger partial charge in [-0.1, -0.05) is 24.3 Å². The normalized spacial score (nSPS) is 11.4. The summed E-state index contributed by atoms with van der Waals surface area (Å²) >= 11 is 2.12. The monoisotopic (exact) mass is 378 g/mol. The summed E-state index contributed by atoms with van der Waals surface area (Å²) in [5.74, 6) is 0.559. The van der Waals surface area contributed by atoms with Gasteiger partial charge in [-0.25, -0.2) is 0 Å². The van der Waals surface area contributed by atoms with Gasteiger partial charge < -0.3 is 4.74 Å². The fourth-order valence-electron chi connectivity index (χ4n) is 1.64. The lowest BCUT2D eigenvalue weighted by Gasteiger charge is -2.13. The molecule has 0 unspecified atom stereocenters. The van der Waals surface area contributed by atoms with Crippen molar-refractivity contribution in [1.29, 1.82) is 0 Å². The number of alkyl halides is 3. The first-order valence-corrected chi connectivity index (χ1v) is 6.58. The van der Waals surface area contributed by atoms with Crippen LogP contribution in [0, 0.1) is 3.57 Å². The third-order valence-corrected chi connectivity index (χ3v) is 3.18. The summed E-state index contributed by atoms with van der Waals surface area (Å²) in [5.41, 5.74) is -0.519. The molecule has 0 spiro atoms. The molecule has 0 heterocycles. The van der Waals surface area contributed by atoms with E-state index in [2.05, 4.69) is 22.6 Å². The Balaban J connectivity index is 2.16. The van der Waals surface area contributed by atoms with Crippen LogP contribution in [0.3, 0.4) is 0 Å². The minimum atomic E-state index is -4.36. The topological polar surface area (TPSA) is 9.23 Å². The van der Waals surface area contributed by atoms with Crippen LogP contribution in [0.1, 0.15) is 11.1 Å². The predicted octanol–water partition coefficient (Wildman–Crippen LogP) is 4.89. The van der Waals surface area contributed by atoms with Gasteiger partial charge in [-0.05, 0) is 46.9 Å². The zero-order valence-electron chi connectivity index (χ0n) is 9.75. The second-order valence-corrected chi connectivity index (χ2v) is 5.15. The highest BCUT2D eigenvalue weighted by molar-refractivity contribution is 14.1. The molecular weight excluding hydrogens is 368 g/mol. The van der Waals surface area contributed by atoms with Crippen LogP contribution in [0.25, 0.3) is 0 Å². The summed E-state index contributed by atoms with van der Waals surface area (Å²) in [7, 11) is 0. The van der Waals surface area contributed by atoms with Crippen LogP contribution in [0.4, 0.5) is 13.2 Å². The van der Waals surface area contributed by atoms with E-state index in [0.717, 1.165) is 9.64 Å². The molecule has 19 heavy (non-hydrogen) atoms. The van der Waals surface area contributed by atoms with Gasteiger partial charge in [0.25, 0.3) is 0 Å². The Bertz CT molecular complexity index is 567. The van der Waals surface area contributed by atoms with Crippen molar-refractivity contribution in [3.8, 4) is 5.75 Å². The third-order valence-electron chi connectivity index (χ3n) is 2.51. The number of hydrogen-bond acceptors (Lipinski definition) is 1. The van der Waals surface area contributed by atoms with Gasteiger partial charge in [0.05, 0.1) is 5.56 Å². The van der Waals surface area contributed by atoms with E-state index >= 15 is 0 Å². The molecule has 0 saturated carbocycles. The maximum absolute atomic E-state index is 12.8. The molecule has 0 N–H and O–H groups in total. The number of hydrogen-bond donors (Lipinski definition) is 0. The molecule has 1 nitrogen and oxygen atoms in total. The van der Waals surface area contributed by atoms with E-state index in [1.54, 1.807) is 24.3 Å². The van der Waals surface area contributed by atoms with Crippen molar-refractivity contribution in [2.45, 2.75) is 12.8 Å². The van der Waals surface area contributed by atoms with Gasteiger partial charge in [-0.15, -0.1) is 0 Å². The van der Waals surface area contributed by atoms with Crippen molar-refractivity contribution in [3.05, 3.63) is 63.2 Å². The van der Waals surface area contributed by atoms with Gasteiger partial charge in [0, 0.05) is 9.13 Å². The molecule has 0 aliphatic carbocycles. The van der Waals surface area contributed by atoms with Crippen molar-refractivity contribution < 1.29 is 17.9 Å². The summed E-state index contributed by atoms with van der Waals surface area (Å²) in [6.07, 6.45) is -4.36. The molecule has 2 aromatic carbocycles. The number of rotatable bonds is 3. The molecule has 100 valence electrons. The summed E-state index contributed by atoms with van der Waals surface area (Å²) in [4.78, 5) is 0. The van der Waals surface area contributed by atoms with Gasteiger partial charge in [0.2, 0.25) is 0 Å². The molecule has 0 fully saturated rings. The molecule has 0 amide bonds. The van der Waals surface area contributed by atoms with E-state index in [1.807, 2.05) is 6.07 Å². The van der Waals surface area contributed by atoms with E-state index < -0.39 is 11.7 Å². The standard InChI is InChI=1S/C14H10F3IO/c15-14(16,17)13-7-2-1-4-10(13)9-19-12-6-3-5-11(18)8-12/h1-8H,9H2. The first-order chi connectivity index (χ1) is 8.97. The smallest absolute Gasteiger partial charge is 0.416 e. The molecule has 2 aromatic rings. The fraction of sp³-hybridized carbons (Fsp3) is 0.143. The molecule has 0 aliphatic rings. The van der Waals surface area contributed by atoms with Crippen LogP contribution in [0.15, 0.2) is 48.5 Å². The average Bonchev–Trinajstić information content (AvgIpc) is 2.36. The second kappa shape index (κ2) is 5.81. The van der Waals surface area contributed by atoms with E-state index in [-0.39, 0.29) is 12.2 Å². The lowest BCUT2D eigenvalue weighted by Crippen LogP contribution is -2.10. The zero-order valence-corrected chi connectivity index (χ0v) is 11.9. The highest BCUT2D eigenvalue weighted by Gasteiger charge is 2.32. The number of ether oxygens (including phenoxy) is 1. The van der Waals surface area contributed by atoms with Crippen LogP contribution in [0.2, 0.25) is 0 Å². The highest BCUT2D eigenvalue weighted by Crippen LogP contribution is 2.32. The first-order valence-electron chi connectivity index (χ1n) is 5.50. The summed E-state index contributed by atoms with van der Waals surface area (Å²) in [6, 6.07) is 12.6. The Morgan fingerprint density at radius 2 is 1.74 bits per heavy atom. The molecule has 0 atom stereocenters. The Morgan fingerprint density at radius 1 is 1.00 bits per heavy atom. The van der Waals surface area contributed by atoms with Gasteiger partial charge in [0.15, 0.2) is 0 Å². The number of benzene rings is 2. The van der Waals surface area contributed by atoms with Crippen molar-refractivity contribution in [1.82, 2.24) is 0 Å². The van der Waals surface area contributed by atoms with Crippen LogP contribution in [0.5, 0.6) is 5.75 Å². The van der Waals surface area contributed by atoms with E-state index in [0.29, 0.717) is 5.75 Å². The van der Waals surface area contributed by atoms with Crippen LogP contribution >= 0.6 is 22.6 Å². The molecule has 0 aromatic heterocycles. The van der Waals surface area contributed by atoms with Gasteiger partial charge >= 0.3 is 6.18 Å². The van der Waals surface area contributed by atoms with Gasteiger partial charge in [0.1, 0.15) is 12.4 Å². The van der Waals surface area contributed by atoms with E-state index in [1.165, 1.54) is 12.1 Å². The first kappa shape index (κ1) is 14.2. The Kier molecular flexibility index (Phi) is 4.34. The molecule has 0 aliphatic heterocycles. The van der Waals surface area contributed by atoms with Crippen LogP contribution in [-0.2, 0) is 12.8 Å². The summed E-state index contributed by atoms with van der Waals surface area (Å²) < 4.78 is 44.7. The van der Waals surface area contributed by atoms with Crippen molar-refractivity contribution >= 4 is 22.6 Å². The Hall–Kier alpha value is -1.24. The maximum atomic E-state index is 12.8. The Morgan fingerprint density at radius 3 is 2.42 bits per heavy atom. The lowest BCUT2D eigenvalue weighted by molar-refractivity contribution is -0.138. The highest BCUT2D eigenvalue weighted by atomic mass is 127. The minimum absolute atomic E-state index is 0.101. The minimum Gasteiger partial charge on any atom is -0.489 e. The second-order valence-electron chi connectivity index (χ2n) is 3.90. The fourth-order valence-corrected chi connectivity index (χ4v) is 2.16.